The number of benzene rings is 1. The minimum Gasteiger partial charge on any atom is -0.464 e. The van der Waals surface area contributed by atoms with E-state index in [-0.39, 0.29) is 6.04 Å². The van der Waals surface area contributed by atoms with Crippen molar-refractivity contribution in [2.75, 3.05) is 0 Å². The van der Waals surface area contributed by atoms with E-state index in [1.165, 1.54) is 5.56 Å². The molecule has 4 nitrogen and oxygen atoms in total. The third-order valence-electron chi connectivity index (χ3n) is 1.81. The van der Waals surface area contributed by atoms with Crippen molar-refractivity contribution < 1.29 is 9.90 Å². The van der Waals surface area contributed by atoms with Crippen LogP contribution in [0.3, 0.4) is 0 Å². The van der Waals surface area contributed by atoms with E-state index in [2.05, 4.69) is 10.9 Å². The highest BCUT2D eigenvalue weighted by Gasteiger charge is 2.03. The fourth-order valence-corrected chi connectivity index (χ4v) is 1.20. The zero-order valence-electron chi connectivity index (χ0n) is 8.03. The topological polar surface area (TPSA) is 61.4 Å². The van der Waals surface area contributed by atoms with E-state index in [0.717, 1.165) is 6.42 Å². The molecular weight excluding hydrogens is 180 g/mol. The van der Waals surface area contributed by atoms with Gasteiger partial charge < -0.3 is 5.11 Å². The molecule has 0 saturated heterocycles. The van der Waals surface area contributed by atoms with Crippen LogP contribution < -0.4 is 10.9 Å². The Bertz CT molecular complexity index is 287. The average Bonchev–Trinajstić information content (AvgIpc) is 2.16. The monoisotopic (exact) mass is 194 g/mol. The number of carbonyl (C=O) groups is 1. The van der Waals surface area contributed by atoms with Crippen molar-refractivity contribution in [2.24, 2.45) is 0 Å². The summed E-state index contributed by atoms with van der Waals surface area (Å²) >= 11 is 0. The molecule has 0 aliphatic rings. The first kappa shape index (κ1) is 10.5. The van der Waals surface area contributed by atoms with Crippen LogP contribution in [0.2, 0.25) is 0 Å². The molecule has 0 bridgehead atoms. The van der Waals surface area contributed by atoms with Crippen LogP contribution in [0.5, 0.6) is 0 Å². The van der Waals surface area contributed by atoms with E-state index in [0.29, 0.717) is 0 Å². The Balaban J connectivity index is 2.34. The summed E-state index contributed by atoms with van der Waals surface area (Å²) < 4.78 is 0. The molecule has 1 aromatic rings. The smallest absolute Gasteiger partial charge is 0.419 e. The van der Waals surface area contributed by atoms with Crippen LogP contribution in [-0.2, 0) is 6.42 Å². The Hall–Kier alpha value is -1.55. The second-order valence-corrected chi connectivity index (χ2v) is 3.17. The largest absolute Gasteiger partial charge is 0.464 e. The van der Waals surface area contributed by atoms with Crippen LogP contribution in [0.1, 0.15) is 12.5 Å². The predicted octanol–water partition coefficient (Wildman–Crippen LogP) is 1.39. The molecule has 76 valence electrons. The lowest BCUT2D eigenvalue weighted by Gasteiger charge is -2.12. The van der Waals surface area contributed by atoms with Crippen molar-refractivity contribution in [2.45, 2.75) is 19.4 Å². The van der Waals surface area contributed by atoms with Gasteiger partial charge in [0.15, 0.2) is 0 Å². The van der Waals surface area contributed by atoms with E-state index < -0.39 is 6.09 Å². The lowest BCUT2D eigenvalue weighted by Crippen LogP contribution is -2.43. The number of hydrogen-bond acceptors (Lipinski definition) is 2. The lowest BCUT2D eigenvalue weighted by molar-refractivity contribution is 0.186. The van der Waals surface area contributed by atoms with Gasteiger partial charge in [-0.25, -0.2) is 10.2 Å². The number of nitrogens with one attached hydrogen (secondary N) is 2. The first-order valence-corrected chi connectivity index (χ1v) is 4.47. The standard InChI is InChI=1S/C10H14N2O2/c1-8(11-12-10(13)14)7-9-5-3-2-4-6-9/h2-6,8,11-12H,7H2,1H3,(H,13,14). The fraction of sp³-hybridized carbons (Fsp3) is 0.300. The summed E-state index contributed by atoms with van der Waals surface area (Å²) in [6.45, 7) is 1.92. The third kappa shape index (κ3) is 3.91. The number of rotatable bonds is 4. The first-order valence-electron chi connectivity index (χ1n) is 4.47. The van der Waals surface area contributed by atoms with Gasteiger partial charge in [-0.3, -0.25) is 5.43 Å². The zero-order chi connectivity index (χ0) is 10.4. The van der Waals surface area contributed by atoms with Crippen molar-refractivity contribution in [1.82, 2.24) is 10.9 Å². The van der Waals surface area contributed by atoms with Crippen molar-refractivity contribution in [3.63, 3.8) is 0 Å². The fourth-order valence-electron chi connectivity index (χ4n) is 1.20. The van der Waals surface area contributed by atoms with Gasteiger partial charge in [0, 0.05) is 6.04 Å². The zero-order valence-corrected chi connectivity index (χ0v) is 8.03. The van der Waals surface area contributed by atoms with Crippen molar-refractivity contribution in [1.29, 1.82) is 0 Å². The first-order chi connectivity index (χ1) is 6.68. The molecule has 0 spiro atoms. The van der Waals surface area contributed by atoms with E-state index in [9.17, 15) is 4.79 Å². The number of amides is 1. The number of hydrogen-bond donors (Lipinski definition) is 3. The van der Waals surface area contributed by atoms with Crippen molar-refractivity contribution in [3.8, 4) is 0 Å². The van der Waals surface area contributed by atoms with Gasteiger partial charge >= 0.3 is 6.09 Å². The van der Waals surface area contributed by atoms with Crippen LogP contribution >= 0.6 is 0 Å². The van der Waals surface area contributed by atoms with Gasteiger partial charge in [0.25, 0.3) is 0 Å². The minimum absolute atomic E-state index is 0.0773. The quantitative estimate of drug-likeness (QED) is 0.635. The Morgan fingerprint density at radius 2 is 2.07 bits per heavy atom. The normalized spacial score (nSPS) is 12.1. The van der Waals surface area contributed by atoms with Crippen LogP contribution in [-0.4, -0.2) is 17.2 Å². The van der Waals surface area contributed by atoms with Gasteiger partial charge in [-0.2, -0.15) is 0 Å². The second-order valence-electron chi connectivity index (χ2n) is 3.17. The van der Waals surface area contributed by atoms with Gasteiger partial charge in [0.1, 0.15) is 0 Å². The molecule has 1 rings (SSSR count). The molecule has 0 saturated carbocycles. The molecule has 0 aliphatic heterocycles. The van der Waals surface area contributed by atoms with Gasteiger partial charge in [-0.1, -0.05) is 30.3 Å². The predicted molar refractivity (Wildman–Crippen MR) is 53.9 cm³/mol. The molecule has 14 heavy (non-hydrogen) atoms. The number of hydrazine groups is 1. The summed E-state index contributed by atoms with van der Waals surface area (Å²) in [5, 5.41) is 8.35. The Kier molecular flexibility index (Phi) is 3.94. The highest BCUT2D eigenvalue weighted by molar-refractivity contribution is 5.63. The van der Waals surface area contributed by atoms with Gasteiger partial charge in [0.2, 0.25) is 0 Å². The van der Waals surface area contributed by atoms with E-state index in [1.807, 2.05) is 37.3 Å². The van der Waals surface area contributed by atoms with Crippen LogP contribution in [0, 0.1) is 0 Å². The highest BCUT2D eigenvalue weighted by Crippen LogP contribution is 2.01. The third-order valence-corrected chi connectivity index (χ3v) is 1.81. The molecule has 0 aromatic heterocycles. The minimum atomic E-state index is -1.06. The SMILES string of the molecule is CC(Cc1ccccc1)NNC(=O)O. The Morgan fingerprint density at radius 3 is 2.64 bits per heavy atom. The molecule has 3 N–H and O–H groups in total. The van der Waals surface area contributed by atoms with Gasteiger partial charge in [-0.05, 0) is 18.9 Å². The summed E-state index contributed by atoms with van der Waals surface area (Å²) in [6.07, 6.45) is -0.272. The van der Waals surface area contributed by atoms with Crippen LogP contribution in [0.4, 0.5) is 4.79 Å². The summed E-state index contributed by atoms with van der Waals surface area (Å²) in [5.41, 5.74) is 5.99. The molecule has 0 aliphatic carbocycles. The molecule has 1 aromatic carbocycles. The molecule has 0 radical (unpaired) electrons. The van der Waals surface area contributed by atoms with E-state index >= 15 is 0 Å². The van der Waals surface area contributed by atoms with Crippen LogP contribution in [0.25, 0.3) is 0 Å². The second kappa shape index (κ2) is 5.24. The van der Waals surface area contributed by atoms with Gasteiger partial charge in [0.05, 0.1) is 0 Å². The molecular formula is C10H14N2O2. The van der Waals surface area contributed by atoms with Crippen LogP contribution in [0.15, 0.2) is 30.3 Å². The summed E-state index contributed by atoms with van der Waals surface area (Å²) in [4.78, 5) is 10.2. The van der Waals surface area contributed by atoms with Crippen molar-refractivity contribution >= 4 is 6.09 Å². The van der Waals surface area contributed by atoms with Crippen molar-refractivity contribution in [3.05, 3.63) is 35.9 Å². The summed E-state index contributed by atoms with van der Waals surface area (Å²) in [6, 6.07) is 9.99. The van der Waals surface area contributed by atoms with Gasteiger partial charge in [-0.15, -0.1) is 0 Å². The van der Waals surface area contributed by atoms with E-state index in [4.69, 9.17) is 5.11 Å². The Labute approximate surface area is 82.9 Å². The molecule has 1 amide bonds. The Morgan fingerprint density at radius 1 is 1.43 bits per heavy atom. The highest BCUT2D eigenvalue weighted by atomic mass is 16.4. The molecule has 0 heterocycles. The average molecular weight is 194 g/mol. The number of carboxylic acid groups (broad SMARTS) is 1. The summed E-state index contributed by atoms with van der Waals surface area (Å²) in [5.74, 6) is 0. The summed E-state index contributed by atoms with van der Waals surface area (Å²) in [7, 11) is 0. The maximum Gasteiger partial charge on any atom is 0.419 e. The molecule has 1 unspecified atom stereocenters. The van der Waals surface area contributed by atoms with E-state index in [1.54, 1.807) is 0 Å². The molecule has 4 heteroatoms. The molecule has 0 fully saturated rings. The molecule has 1 atom stereocenters. The maximum atomic E-state index is 10.2. The maximum absolute atomic E-state index is 10.2. The lowest BCUT2D eigenvalue weighted by atomic mass is 10.1.